The van der Waals surface area contributed by atoms with Gasteiger partial charge in [0.15, 0.2) is 0 Å². The molecule has 1 aromatic heterocycles. The SMILES string of the molecule is Cc1ccc(S(=O)(=O)n2cc(CCC=O)nn2)cc1. The standard InChI is InChI=1S/C12H13N3O3S/c1-10-4-6-12(7-5-10)19(17,18)15-9-11(13-14-15)3-2-8-16/h4-9H,2-3H2,1H3. The molecule has 7 heteroatoms. The molecule has 0 saturated carbocycles. The third kappa shape index (κ3) is 2.87. The van der Waals surface area contributed by atoms with Gasteiger partial charge in [0.2, 0.25) is 0 Å². The Morgan fingerprint density at radius 1 is 1.26 bits per heavy atom. The largest absolute Gasteiger partial charge is 0.303 e. The molecule has 0 radical (unpaired) electrons. The first-order valence-electron chi connectivity index (χ1n) is 5.71. The number of benzene rings is 1. The van der Waals surface area contributed by atoms with E-state index >= 15 is 0 Å². The zero-order valence-electron chi connectivity index (χ0n) is 10.4. The number of aromatic nitrogens is 3. The van der Waals surface area contributed by atoms with Crippen LogP contribution < -0.4 is 0 Å². The minimum absolute atomic E-state index is 0.157. The second-order valence-corrected chi connectivity index (χ2v) is 5.90. The van der Waals surface area contributed by atoms with E-state index in [1.54, 1.807) is 12.1 Å². The lowest BCUT2D eigenvalue weighted by Crippen LogP contribution is -2.13. The summed E-state index contributed by atoms with van der Waals surface area (Å²) in [5, 5.41) is 7.34. The van der Waals surface area contributed by atoms with Crippen LogP contribution in [0.1, 0.15) is 17.7 Å². The number of aldehydes is 1. The van der Waals surface area contributed by atoms with E-state index in [9.17, 15) is 13.2 Å². The van der Waals surface area contributed by atoms with Crippen molar-refractivity contribution in [3.8, 4) is 0 Å². The summed E-state index contributed by atoms with van der Waals surface area (Å²) in [5.41, 5.74) is 1.45. The summed E-state index contributed by atoms with van der Waals surface area (Å²) >= 11 is 0. The van der Waals surface area contributed by atoms with Gasteiger partial charge in [0.25, 0.3) is 10.0 Å². The van der Waals surface area contributed by atoms with Gasteiger partial charge in [0.05, 0.1) is 16.8 Å². The molecular weight excluding hydrogens is 266 g/mol. The first-order valence-corrected chi connectivity index (χ1v) is 7.15. The Balaban J connectivity index is 2.31. The Morgan fingerprint density at radius 3 is 2.58 bits per heavy atom. The van der Waals surface area contributed by atoms with Crippen molar-refractivity contribution in [3.63, 3.8) is 0 Å². The summed E-state index contributed by atoms with van der Waals surface area (Å²) in [6.07, 6.45) is 2.77. The Morgan fingerprint density at radius 2 is 1.95 bits per heavy atom. The molecule has 0 amide bonds. The fourth-order valence-corrected chi connectivity index (χ4v) is 2.63. The maximum atomic E-state index is 12.2. The molecule has 6 nitrogen and oxygen atoms in total. The van der Waals surface area contributed by atoms with Crippen molar-refractivity contribution in [1.29, 1.82) is 0 Å². The molecule has 0 bridgehead atoms. The summed E-state index contributed by atoms with van der Waals surface area (Å²) in [6, 6.07) is 6.49. The van der Waals surface area contributed by atoms with Crippen molar-refractivity contribution in [3.05, 3.63) is 41.7 Å². The van der Waals surface area contributed by atoms with E-state index < -0.39 is 10.0 Å². The van der Waals surface area contributed by atoms with Crippen LogP contribution in [0.5, 0.6) is 0 Å². The van der Waals surface area contributed by atoms with Crippen molar-refractivity contribution in [2.45, 2.75) is 24.7 Å². The summed E-state index contributed by atoms with van der Waals surface area (Å²) in [5.74, 6) is 0. The van der Waals surface area contributed by atoms with E-state index in [1.807, 2.05) is 6.92 Å². The van der Waals surface area contributed by atoms with Gasteiger partial charge in [-0.15, -0.1) is 9.19 Å². The van der Waals surface area contributed by atoms with Gasteiger partial charge in [-0.3, -0.25) is 0 Å². The van der Waals surface area contributed by atoms with Crippen LogP contribution in [0.3, 0.4) is 0 Å². The molecule has 2 aromatic rings. The maximum absolute atomic E-state index is 12.2. The third-order valence-corrected chi connectivity index (χ3v) is 4.14. The molecule has 0 aliphatic rings. The highest BCUT2D eigenvalue weighted by Gasteiger charge is 2.18. The predicted octanol–water partition coefficient (Wildman–Crippen LogP) is 0.955. The Kier molecular flexibility index (Phi) is 3.75. The molecule has 0 atom stereocenters. The average Bonchev–Trinajstić information content (AvgIpc) is 2.86. The van der Waals surface area contributed by atoms with E-state index in [1.165, 1.54) is 18.3 Å². The molecular formula is C12H13N3O3S. The second kappa shape index (κ2) is 5.31. The van der Waals surface area contributed by atoms with Gasteiger partial charge < -0.3 is 4.79 Å². The van der Waals surface area contributed by atoms with Crippen molar-refractivity contribution < 1.29 is 13.2 Å². The molecule has 0 N–H and O–H groups in total. The normalized spacial score (nSPS) is 11.4. The lowest BCUT2D eigenvalue weighted by Gasteiger charge is -2.03. The van der Waals surface area contributed by atoms with Crippen LogP contribution in [0.25, 0.3) is 0 Å². The summed E-state index contributed by atoms with van der Waals surface area (Å²) < 4.78 is 25.3. The zero-order chi connectivity index (χ0) is 13.9. The Hall–Kier alpha value is -2.02. The Labute approximate surface area is 111 Å². The van der Waals surface area contributed by atoms with E-state index in [2.05, 4.69) is 10.3 Å². The monoisotopic (exact) mass is 279 g/mol. The van der Waals surface area contributed by atoms with Gasteiger partial charge in [-0.2, -0.15) is 8.42 Å². The molecule has 100 valence electrons. The number of carbonyl (C=O) groups excluding carboxylic acids is 1. The Bertz CT molecular complexity index is 675. The molecule has 1 heterocycles. The smallest absolute Gasteiger partial charge is 0.284 e. The fraction of sp³-hybridized carbons (Fsp3) is 0.250. The highest BCUT2D eigenvalue weighted by molar-refractivity contribution is 7.89. The fourth-order valence-electron chi connectivity index (χ4n) is 1.54. The van der Waals surface area contributed by atoms with E-state index in [-0.39, 0.29) is 4.90 Å². The van der Waals surface area contributed by atoms with Crippen LogP contribution in [-0.2, 0) is 21.2 Å². The number of hydrogen-bond acceptors (Lipinski definition) is 5. The van der Waals surface area contributed by atoms with Gasteiger partial charge >= 0.3 is 0 Å². The molecule has 2 rings (SSSR count). The van der Waals surface area contributed by atoms with Crippen LogP contribution in [0, 0.1) is 6.92 Å². The number of aryl methyl sites for hydroxylation is 2. The topological polar surface area (TPSA) is 81.9 Å². The summed E-state index contributed by atoms with van der Waals surface area (Å²) in [4.78, 5) is 10.4. The molecule has 0 unspecified atom stereocenters. The number of nitrogens with zero attached hydrogens (tertiary/aromatic N) is 3. The third-order valence-electron chi connectivity index (χ3n) is 2.60. The van der Waals surface area contributed by atoms with Gasteiger partial charge in [0.1, 0.15) is 6.29 Å². The molecule has 0 aliphatic carbocycles. The number of rotatable bonds is 5. The van der Waals surface area contributed by atoms with Crippen molar-refractivity contribution in [2.75, 3.05) is 0 Å². The molecule has 0 aliphatic heterocycles. The zero-order valence-corrected chi connectivity index (χ0v) is 11.2. The molecule has 0 saturated heterocycles. The lowest BCUT2D eigenvalue weighted by molar-refractivity contribution is -0.107. The van der Waals surface area contributed by atoms with Crippen LogP contribution in [0.4, 0.5) is 0 Å². The van der Waals surface area contributed by atoms with Gasteiger partial charge in [-0.1, -0.05) is 22.9 Å². The van der Waals surface area contributed by atoms with Crippen molar-refractivity contribution in [2.24, 2.45) is 0 Å². The van der Waals surface area contributed by atoms with Crippen LogP contribution in [0.15, 0.2) is 35.4 Å². The highest BCUT2D eigenvalue weighted by atomic mass is 32.2. The first kappa shape index (κ1) is 13.4. The van der Waals surface area contributed by atoms with E-state index in [0.717, 1.165) is 15.9 Å². The van der Waals surface area contributed by atoms with Gasteiger partial charge in [-0.05, 0) is 25.5 Å². The number of carbonyl (C=O) groups is 1. The average molecular weight is 279 g/mol. The van der Waals surface area contributed by atoms with Crippen LogP contribution in [-0.4, -0.2) is 29.1 Å². The van der Waals surface area contributed by atoms with E-state index in [0.29, 0.717) is 18.5 Å². The molecule has 19 heavy (non-hydrogen) atoms. The van der Waals surface area contributed by atoms with Gasteiger partial charge in [-0.25, -0.2) is 0 Å². The van der Waals surface area contributed by atoms with Crippen LogP contribution in [0.2, 0.25) is 0 Å². The first-order chi connectivity index (χ1) is 9.04. The van der Waals surface area contributed by atoms with E-state index in [4.69, 9.17) is 0 Å². The summed E-state index contributed by atoms with van der Waals surface area (Å²) in [7, 11) is -3.71. The molecule has 0 fully saturated rings. The quantitative estimate of drug-likeness (QED) is 0.761. The second-order valence-electron chi connectivity index (χ2n) is 4.11. The van der Waals surface area contributed by atoms with Gasteiger partial charge in [0, 0.05) is 6.42 Å². The predicted molar refractivity (Wildman–Crippen MR) is 68.2 cm³/mol. The minimum Gasteiger partial charge on any atom is -0.303 e. The number of hydrogen-bond donors (Lipinski definition) is 0. The molecule has 1 aromatic carbocycles. The van der Waals surface area contributed by atoms with Crippen LogP contribution >= 0.6 is 0 Å². The molecule has 0 spiro atoms. The van der Waals surface area contributed by atoms with Crippen molar-refractivity contribution >= 4 is 16.3 Å². The summed E-state index contributed by atoms with van der Waals surface area (Å²) in [6.45, 7) is 1.88. The minimum atomic E-state index is -3.71. The lowest BCUT2D eigenvalue weighted by atomic mass is 10.2. The van der Waals surface area contributed by atoms with Crippen molar-refractivity contribution in [1.82, 2.24) is 14.4 Å². The highest BCUT2D eigenvalue weighted by Crippen LogP contribution is 2.13. The maximum Gasteiger partial charge on any atom is 0.284 e.